The number of nitrogens with zero attached hydrogens (tertiary/aromatic N) is 1. The molecule has 140 valence electrons. The lowest BCUT2D eigenvalue weighted by Crippen LogP contribution is -2.27. The average Bonchev–Trinajstić information content (AvgIpc) is 3.16. The van der Waals surface area contributed by atoms with Crippen molar-refractivity contribution in [3.05, 3.63) is 84.4 Å². The van der Waals surface area contributed by atoms with Crippen LogP contribution < -0.4 is 20.3 Å². The average molecular weight is 373 g/mol. The van der Waals surface area contributed by atoms with Crippen molar-refractivity contribution < 1.29 is 14.3 Å². The number of amides is 3. The summed E-state index contributed by atoms with van der Waals surface area (Å²) >= 11 is 0. The normalized spacial score (nSPS) is 13.1. The highest BCUT2D eigenvalue weighted by Gasteiger charge is 2.21. The number of rotatable bonds is 5. The minimum Gasteiger partial charge on any atom is -0.457 e. The topological polar surface area (TPSA) is 70.7 Å². The standard InChI is InChI=1S/C22H19N3O3/c26-21(16-6-10-18(11-7-16)25-15-14-23-22(25)27)24-17-8-12-20(13-9-17)28-19-4-2-1-3-5-19/h1-13H,14-15H2,(H,23,27)(H,24,26). The van der Waals surface area contributed by atoms with Crippen molar-refractivity contribution in [3.63, 3.8) is 0 Å². The second-order valence-corrected chi connectivity index (χ2v) is 6.32. The summed E-state index contributed by atoms with van der Waals surface area (Å²) < 4.78 is 5.74. The number of carbonyl (C=O) groups excluding carboxylic acids is 2. The summed E-state index contributed by atoms with van der Waals surface area (Å²) in [6.07, 6.45) is 0. The highest BCUT2D eigenvalue weighted by Crippen LogP contribution is 2.23. The number of hydrogen-bond acceptors (Lipinski definition) is 3. The van der Waals surface area contributed by atoms with Crippen molar-refractivity contribution in [3.8, 4) is 11.5 Å². The fourth-order valence-electron chi connectivity index (χ4n) is 2.94. The Balaban J connectivity index is 1.38. The summed E-state index contributed by atoms with van der Waals surface area (Å²) in [7, 11) is 0. The maximum atomic E-state index is 12.5. The molecule has 0 unspecified atom stereocenters. The second kappa shape index (κ2) is 7.84. The van der Waals surface area contributed by atoms with Crippen LogP contribution in [-0.4, -0.2) is 25.0 Å². The number of urea groups is 1. The number of ether oxygens (including phenoxy) is 1. The molecule has 3 amide bonds. The highest BCUT2D eigenvalue weighted by atomic mass is 16.5. The van der Waals surface area contributed by atoms with E-state index in [2.05, 4.69) is 10.6 Å². The van der Waals surface area contributed by atoms with Crippen LogP contribution in [0.2, 0.25) is 0 Å². The third-order valence-corrected chi connectivity index (χ3v) is 4.39. The quantitative estimate of drug-likeness (QED) is 0.702. The van der Waals surface area contributed by atoms with Crippen LogP contribution in [0.4, 0.5) is 16.2 Å². The SMILES string of the molecule is O=C(Nc1ccc(Oc2ccccc2)cc1)c1ccc(N2CCNC2=O)cc1. The molecule has 0 atom stereocenters. The van der Waals surface area contributed by atoms with Gasteiger partial charge in [0.05, 0.1) is 0 Å². The van der Waals surface area contributed by atoms with E-state index >= 15 is 0 Å². The summed E-state index contributed by atoms with van der Waals surface area (Å²) in [5.41, 5.74) is 1.97. The van der Waals surface area contributed by atoms with Crippen LogP contribution in [0.25, 0.3) is 0 Å². The van der Waals surface area contributed by atoms with Gasteiger partial charge < -0.3 is 15.4 Å². The number of nitrogens with one attached hydrogen (secondary N) is 2. The van der Waals surface area contributed by atoms with Crippen molar-refractivity contribution in [1.82, 2.24) is 5.32 Å². The van der Waals surface area contributed by atoms with E-state index in [4.69, 9.17) is 4.74 Å². The zero-order valence-electron chi connectivity index (χ0n) is 15.1. The molecule has 0 aliphatic carbocycles. The van der Waals surface area contributed by atoms with Gasteiger partial charge in [-0.25, -0.2) is 4.79 Å². The van der Waals surface area contributed by atoms with E-state index < -0.39 is 0 Å². The van der Waals surface area contributed by atoms with E-state index in [1.165, 1.54) is 0 Å². The molecule has 28 heavy (non-hydrogen) atoms. The number of carbonyl (C=O) groups is 2. The summed E-state index contributed by atoms with van der Waals surface area (Å²) in [6.45, 7) is 1.26. The molecule has 4 rings (SSSR count). The van der Waals surface area contributed by atoms with Gasteiger partial charge in [-0.15, -0.1) is 0 Å². The van der Waals surface area contributed by atoms with Gasteiger partial charge in [0.2, 0.25) is 0 Å². The molecule has 1 aliphatic rings. The van der Waals surface area contributed by atoms with Crippen LogP contribution in [0.5, 0.6) is 11.5 Å². The molecular weight excluding hydrogens is 354 g/mol. The largest absolute Gasteiger partial charge is 0.457 e. The van der Waals surface area contributed by atoms with E-state index in [0.29, 0.717) is 30.1 Å². The van der Waals surface area contributed by atoms with Gasteiger partial charge >= 0.3 is 6.03 Å². The van der Waals surface area contributed by atoms with Crippen molar-refractivity contribution in [2.75, 3.05) is 23.3 Å². The molecule has 0 bridgehead atoms. The van der Waals surface area contributed by atoms with Crippen LogP contribution >= 0.6 is 0 Å². The maximum absolute atomic E-state index is 12.5. The van der Waals surface area contributed by atoms with E-state index in [1.54, 1.807) is 53.4 Å². The van der Waals surface area contributed by atoms with Crippen molar-refractivity contribution in [2.45, 2.75) is 0 Å². The first-order valence-electron chi connectivity index (χ1n) is 8.99. The smallest absolute Gasteiger partial charge is 0.321 e. The lowest BCUT2D eigenvalue weighted by Gasteiger charge is -2.14. The molecular formula is C22H19N3O3. The first-order chi connectivity index (χ1) is 13.7. The molecule has 3 aromatic carbocycles. The predicted molar refractivity (Wildman–Crippen MR) is 108 cm³/mol. The third-order valence-electron chi connectivity index (χ3n) is 4.39. The van der Waals surface area contributed by atoms with Gasteiger partial charge in [0.25, 0.3) is 5.91 Å². The number of hydrogen-bond donors (Lipinski definition) is 2. The van der Waals surface area contributed by atoms with Crippen molar-refractivity contribution >= 4 is 23.3 Å². The van der Waals surface area contributed by atoms with Gasteiger partial charge in [0.1, 0.15) is 11.5 Å². The Kier molecular flexibility index (Phi) is 4.93. The Morgan fingerprint density at radius 3 is 2.21 bits per heavy atom. The van der Waals surface area contributed by atoms with E-state index in [1.807, 2.05) is 30.3 Å². The molecule has 1 fully saturated rings. The van der Waals surface area contributed by atoms with Gasteiger partial charge in [-0.2, -0.15) is 0 Å². The highest BCUT2D eigenvalue weighted by molar-refractivity contribution is 6.04. The Hall–Kier alpha value is -3.80. The van der Waals surface area contributed by atoms with Crippen molar-refractivity contribution in [2.24, 2.45) is 0 Å². The zero-order chi connectivity index (χ0) is 19.3. The van der Waals surface area contributed by atoms with E-state index in [9.17, 15) is 9.59 Å². The molecule has 1 heterocycles. The monoisotopic (exact) mass is 373 g/mol. The third kappa shape index (κ3) is 3.96. The predicted octanol–water partition coefficient (Wildman–Crippen LogP) is 4.26. The Morgan fingerprint density at radius 2 is 1.57 bits per heavy atom. The van der Waals surface area contributed by atoms with E-state index in [0.717, 1.165) is 11.4 Å². The summed E-state index contributed by atoms with van der Waals surface area (Å²) in [5.74, 6) is 1.23. The molecule has 6 heteroatoms. The number of para-hydroxylation sites is 1. The minimum absolute atomic E-state index is 0.116. The molecule has 0 radical (unpaired) electrons. The van der Waals surface area contributed by atoms with Gasteiger partial charge in [-0.1, -0.05) is 18.2 Å². The zero-order valence-corrected chi connectivity index (χ0v) is 15.1. The first kappa shape index (κ1) is 17.6. The first-order valence-corrected chi connectivity index (χ1v) is 8.99. The summed E-state index contributed by atoms with van der Waals surface area (Å²) in [4.78, 5) is 25.8. The maximum Gasteiger partial charge on any atom is 0.321 e. The van der Waals surface area contributed by atoms with Crippen LogP contribution in [-0.2, 0) is 0 Å². The Bertz CT molecular complexity index is 970. The Labute approximate surface area is 162 Å². The second-order valence-electron chi connectivity index (χ2n) is 6.32. The van der Waals surface area contributed by atoms with Gasteiger partial charge in [-0.3, -0.25) is 9.69 Å². The fourth-order valence-corrected chi connectivity index (χ4v) is 2.94. The molecule has 6 nitrogen and oxygen atoms in total. The molecule has 0 spiro atoms. The molecule has 1 saturated heterocycles. The van der Waals surface area contributed by atoms with Crippen LogP contribution in [0, 0.1) is 0 Å². The van der Waals surface area contributed by atoms with Gasteiger partial charge in [0.15, 0.2) is 0 Å². The summed E-state index contributed by atoms with van der Waals surface area (Å²) in [5, 5.41) is 5.62. The molecule has 0 saturated carbocycles. The van der Waals surface area contributed by atoms with Crippen LogP contribution in [0.15, 0.2) is 78.9 Å². The Morgan fingerprint density at radius 1 is 0.893 bits per heavy atom. The summed E-state index contributed by atoms with van der Waals surface area (Å²) in [6, 6.07) is 23.5. The molecule has 2 N–H and O–H groups in total. The molecule has 1 aliphatic heterocycles. The fraction of sp³-hybridized carbons (Fsp3) is 0.0909. The van der Waals surface area contributed by atoms with Gasteiger partial charge in [0, 0.05) is 30.0 Å². The van der Waals surface area contributed by atoms with Crippen LogP contribution in [0.3, 0.4) is 0 Å². The number of anilines is 2. The molecule has 3 aromatic rings. The number of benzene rings is 3. The lowest BCUT2D eigenvalue weighted by atomic mass is 10.1. The van der Waals surface area contributed by atoms with Crippen molar-refractivity contribution in [1.29, 1.82) is 0 Å². The van der Waals surface area contributed by atoms with Crippen LogP contribution in [0.1, 0.15) is 10.4 Å². The van der Waals surface area contributed by atoms with Gasteiger partial charge in [-0.05, 0) is 60.7 Å². The van der Waals surface area contributed by atoms with E-state index in [-0.39, 0.29) is 11.9 Å². The molecule has 0 aromatic heterocycles. The lowest BCUT2D eigenvalue weighted by molar-refractivity contribution is 0.102. The minimum atomic E-state index is -0.214.